The van der Waals surface area contributed by atoms with Crippen LogP contribution < -0.4 is 4.57 Å². The van der Waals surface area contributed by atoms with E-state index in [0.717, 1.165) is 27.5 Å². The van der Waals surface area contributed by atoms with Crippen LogP contribution in [0, 0.1) is 33.2 Å². The summed E-state index contributed by atoms with van der Waals surface area (Å²) in [5.74, 6) is -0.576. The molecular formula is C32H31N2O+. The maximum Gasteiger partial charge on any atom is 0.230 e. The Kier molecular flexibility index (Phi) is 4.15. The number of aryl methyl sites for hydroxylation is 1. The average molecular weight is 466 g/mol. The first kappa shape index (κ1) is 16.7. The Bertz CT molecular complexity index is 1880. The fourth-order valence-electron chi connectivity index (χ4n) is 4.60. The highest BCUT2D eigenvalue weighted by Crippen LogP contribution is 2.42. The summed E-state index contributed by atoms with van der Waals surface area (Å²) in [6, 6.07) is 17.3. The summed E-state index contributed by atoms with van der Waals surface area (Å²) in [6.45, 7) is 12.2. The van der Waals surface area contributed by atoms with E-state index in [1.165, 1.54) is 0 Å². The topological polar surface area (TPSA) is 21.4 Å². The quantitative estimate of drug-likeness (QED) is 0.193. The molecule has 174 valence electrons. The Balaban J connectivity index is 1.93. The number of pyridine rings is 1. The first-order chi connectivity index (χ1) is 19.2. The molecule has 3 aromatic carbocycles. The van der Waals surface area contributed by atoms with Gasteiger partial charge in [0.25, 0.3) is 0 Å². The molecule has 35 heavy (non-hydrogen) atoms. The predicted molar refractivity (Wildman–Crippen MR) is 145 cm³/mol. The molecule has 3 nitrogen and oxygen atoms in total. The number of rotatable bonds is 4. The molecule has 0 amide bonds. The van der Waals surface area contributed by atoms with Gasteiger partial charge in [0.2, 0.25) is 11.4 Å². The van der Waals surface area contributed by atoms with Crippen LogP contribution >= 0.6 is 0 Å². The van der Waals surface area contributed by atoms with Crippen molar-refractivity contribution in [2.24, 2.45) is 13.0 Å². The van der Waals surface area contributed by atoms with Crippen LogP contribution in [0.5, 0.6) is 0 Å². The highest BCUT2D eigenvalue weighted by Gasteiger charge is 2.25. The van der Waals surface area contributed by atoms with Gasteiger partial charge in [-0.25, -0.2) is 4.85 Å². The van der Waals surface area contributed by atoms with Crippen molar-refractivity contribution in [3.8, 4) is 22.4 Å². The first-order valence-corrected chi connectivity index (χ1v) is 11.7. The van der Waals surface area contributed by atoms with Crippen molar-refractivity contribution >= 4 is 27.6 Å². The van der Waals surface area contributed by atoms with Crippen LogP contribution in [0.3, 0.4) is 0 Å². The molecule has 3 heteroatoms. The summed E-state index contributed by atoms with van der Waals surface area (Å²) in [7, 11) is 1.70. The van der Waals surface area contributed by atoms with Gasteiger partial charge in [-0.2, -0.15) is 4.57 Å². The molecule has 0 N–H and O–H groups in total. The van der Waals surface area contributed by atoms with Crippen LogP contribution in [-0.2, 0) is 13.4 Å². The molecule has 0 radical (unpaired) electrons. The van der Waals surface area contributed by atoms with Crippen LogP contribution in [0.25, 0.3) is 49.2 Å². The minimum Gasteiger partial charge on any atom is -0.466 e. The van der Waals surface area contributed by atoms with Crippen molar-refractivity contribution < 1.29 is 17.2 Å². The van der Waals surface area contributed by atoms with Crippen molar-refractivity contribution in [2.45, 2.75) is 40.9 Å². The number of nitrogens with zero attached hydrogens (tertiary/aromatic N) is 2. The maximum atomic E-state index is 9.32. The molecule has 5 rings (SSSR count). The van der Waals surface area contributed by atoms with Gasteiger partial charge < -0.3 is 4.42 Å². The predicted octanol–water partition coefficient (Wildman–Crippen LogP) is 8.42. The maximum absolute atomic E-state index is 9.32. The Morgan fingerprint density at radius 2 is 1.83 bits per heavy atom. The zero-order valence-corrected chi connectivity index (χ0v) is 20.6. The number of hydrogen-bond acceptors (Lipinski definition) is 1. The van der Waals surface area contributed by atoms with E-state index in [1.807, 2.05) is 55.5 Å². The van der Waals surface area contributed by atoms with Gasteiger partial charge in [-0.05, 0) is 60.5 Å². The van der Waals surface area contributed by atoms with Crippen LogP contribution in [-0.4, -0.2) is 0 Å². The van der Waals surface area contributed by atoms with Crippen molar-refractivity contribution in [3.63, 3.8) is 0 Å². The van der Waals surface area contributed by atoms with E-state index in [0.29, 0.717) is 33.8 Å². The van der Waals surface area contributed by atoms with E-state index in [1.54, 1.807) is 38.5 Å². The van der Waals surface area contributed by atoms with Crippen molar-refractivity contribution in [1.29, 1.82) is 0 Å². The van der Waals surface area contributed by atoms with Crippen LogP contribution in [0.4, 0.5) is 5.69 Å². The van der Waals surface area contributed by atoms with E-state index in [-0.39, 0.29) is 17.2 Å². The zero-order valence-electron chi connectivity index (χ0n) is 26.6. The third kappa shape index (κ3) is 3.80. The molecule has 2 heterocycles. The third-order valence-electron chi connectivity index (χ3n) is 6.52. The highest BCUT2D eigenvalue weighted by molar-refractivity contribution is 6.14. The van der Waals surface area contributed by atoms with Crippen molar-refractivity contribution in [1.82, 2.24) is 0 Å². The Morgan fingerprint density at radius 3 is 2.51 bits per heavy atom. The largest absolute Gasteiger partial charge is 0.466 e. The van der Waals surface area contributed by atoms with Gasteiger partial charge in [0, 0.05) is 36.2 Å². The second-order valence-electron chi connectivity index (χ2n) is 9.25. The molecule has 0 spiro atoms. The molecule has 0 bridgehead atoms. The summed E-state index contributed by atoms with van der Waals surface area (Å²) >= 11 is 0. The SMILES string of the molecule is [2H]c1c(C([2H])([2H])C(C)C)c(C([2H])([2H])[2H])c(C)[n+](C)c1-c1c(C)ccc2c1oc1c([N+]#[C-])cc(-c3ccccc3)cc12. The summed E-state index contributed by atoms with van der Waals surface area (Å²) < 4.78 is 60.0. The molecule has 0 saturated heterocycles. The van der Waals surface area contributed by atoms with Crippen LogP contribution in [0.1, 0.15) is 44.5 Å². The van der Waals surface area contributed by atoms with Gasteiger partial charge in [0.05, 0.1) is 13.5 Å². The lowest BCUT2D eigenvalue weighted by Crippen LogP contribution is -2.36. The third-order valence-corrected chi connectivity index (χ3v) is 6.52. The molecule has 0 aliphatic heterocycles. The smallest absolute Gasteiger partial charge is 0.230 e. The van der Waals surface area contributed by atoms with Gasteiger partial charge in [-0.15, -0.1) is 0 Å². The average Bonchev–Trinajstić information content (AvgIpc) is 3.29. The molecular weight excluding hydrogens is 428 g/mol. The van der Waals surface area contributed by atoms with Crippen molar-refractivity contribution in [2.75, 3.05) is 0 Å². The molecule has 0 unspecified atom stereocenters. The monoisotopic (exact) mass is 465 g/mol. The lowest BCUT2D eigenvalue weighted by atomic mass is 9.93. The van der Waals surface area contributed by atoms with E-state index in [2.05, 4.69) is 4.85 Å². The summed E-state index contributed by atoms with van der Waals surface area (Å²) in [5, 5.41) is 1.52. The summed E-state index contributed by atoms with van der Waals surface area (Å²) in [4.78, 5) is 3.76. The van der Waals surface area contributed by atoms with Crippen LogP contribution in [0.2, 0.25) is 0 Å². The molecule has 0 atom stereocenters. The fourth-order valence-corrected chi connectivity index (χ4v) is 4.60. The van der Waals surface area contributed by atoms with Gasteiger partial charge in [0.1, 0.15) is 18.2 Å². The van der Waals surface area contributed by atoms with E-state index in [9.17, 15) is 1.37 Å². The number of aromatic nitrogens is 1. The normalized spacial score (nSPS) is 14.8. The standard InChI is InChI=1S/C32H31N2O/c1-19(2)15-24-18-29(34(7)22(5)21(24)4)30-20(3)13-14-26-27-16-25(23-11-9-8-10-12-23)17-28(33-6)31(27)35-32(26)30/h8-14,16-19H,15H2,1-5,7H3/q+1/i4D3,15D2,18D. The van der Waals surface area contributed by atoms with E-state index in [4.69, 9.17) is 17.8 Å². The Morgan fingerprint density at radius 1 is 1.06 bits per heavy atom. The molecule has 2 aromatic heterocycles. The number of fused-ring (bicyclic) bond motifs is 3. The minimum atomic E-state index is -2.62. The molecule has 0 fully saturated rings. The summed E-state index contributed by atoms with van der Waals surface area (Å²) in [6.07, 6.45) is -2.08. The van der Waals surface area contributed by atoms with Crippen molar-refractivity contribution in [3.05, 3.63) is 94.4 Å². The Labute approximate surface area is 215 Å². The van der Waals surface area contributed by atoms with E-state index >= 15 is 0 Å². The van der Waals surface area contributed by atoms with Crippen LogP contribution in [0.15, 0.2) is 65.1 Å². The minimum absolute atomic E-state index is 0.126. The Hall–Kier alpha value is -3.90. The highest BCUT2D eigenvalue weighted by atomic mass is 16.3. The molecule has 0 aliphatic carbocycles. The lowest BCUT2D eigenvalue weighted by molar-refractivity contribution is -0.667. The molecule has 5 aromatic rings. The van der Waals surface area contributed by atoms with Gasteiger partial charge in [-0.3, -0.25) is 0 Å². The van der Waals surface area contributed by atoms with E-state index < -0.39 is 19.1 Å². The van der Waals surface area contributed by atoms with Gasteiger partial charge in [0.15, 0.2) is 5.69 Å². The summed E-state index contributed by atoms with van der Waals surface area (Å²) in [5.41, 5.74) is 4.94. The fraction of sp³-hybridized carbons (Fsp3) is 0.250. The molecule has 0 saturated carbocycles. The van der Waals surface area contributed by atoms with Gasteiger partial charge in [-0.1, -0.05) is 56.3 Å². The number of furan rings is 1. The molecule has 0 aliphatic rings. The second kappa shape index (κ2) is 8.71. The number of benzene rings is 3. The van der Waals surface area contributed by atoms with Gasteiger partial charge >= 0.3 is 0 Å². The number of hydrogen-bond donors (Lipinski definition) is 0. The lowest BCUT2D eigenvalue weighted by Gasteiger charge is -2.14. The first-order valence-electron chi connectivity index (χ1n) is 14.7. The second-order valence-corrected chi connectivity index (χ2v) is 9.25. The zero-order chi connectivity index (χ0) is 30.0.